The molecule has 2 saturated heterocycles. The van der Waals surface area contributed by atoms with Crippen LogP contribution < -0.4 is 0 Å². The van der Waals surface area contributed by atoms with Gasteiger partial charge in [-0.05, 0) is 46.5 Å². The van der Waals surface area contributed by atoms with Gasteiger partial charge in [0.25, 0.3) is 0 Å². The van der Waals surface area contributed by atoms with E-state index in [9.17, 15) is 9.18 Å². The molecule has 0 unspecified atom stereocenters. The standard InChI is InChI=1S/C23H29FN2OS/c1-23(2,3)22(27)26-14-19(17-8-10-28-15-17)20-13-25(9-7-21(20)26)12-16-5-4-6-18(24)11-16/h4-6,8,10-11,15,19-21H,7,9,12-14H2,1-3H3/t19-,20-,21-/m1/s1. The van der Waals surface area contributed by atoms with Crippen LogP contribution in [-0.4, -0.2) is 41.4 Å². The lowest BCUT2D eigenvalue weighted by Crippen LogP contribution is -2.49. The third-order valence-electron chi connectivity index (χ3n) is 6.18. The maximum absolute atomic E-state index is 13.6. The lowest BCUT2D eigenvalue weighted by molar-refractivity contribution is -0.141. The summed E-state index contributed by atoms with van der Waals surface area (Å²) in [5, 5.41) is 4.37. The fourth-order valence-electron chi connectivity index (χ4n) is 4.85. The number of carbonyl (C=O) groups excluding carboxylic acids is 1. The Balaban J connectivity index is 1.55. The van der Waals surface area contributed by atoms with E-state index in [0.717, 1.165) is 38.2 Å². The summed E-state index contributed by atoms with van der Waals surface area (Å²) in [5.41, 5.74) is 2.02. The summed E-state index contributed by atoms with van der Waals surface area (Å²) in [5.74, 6) is 0.909. The first-order chi connectivity index (χ1) is 13.3. The van der Waals surface area contributed by atoms with E-state index in [2.05, 4.69) is 26.6 Å². The minimum Gasteiger partial charge on any atom is -0.338 e. The Morgan fingerprint density at radius 2 is 2.07 bits per heavy atom. The Morgan fingerprint density at radius 1 is 1.25 bits per heavy atom. The molecule has 3 heterocycles. The van der Waals surface area contributed by atoms with Crippen LogP contribution in [-0.2, 0) is 11.3 Å². The molecule has 2 fully saturated rings. The van der Waals surface area contributed by atoms with Gasteiger partial charge in [0, 0.05) is 49.5 Å². The molecule has 1 aromatic carbocycles. The fourth-order valence-corrected chi connectivity index (χ4v) is 5.57. The zero-order valence-electron chi connectivity index (χ0n) is 16.9. The Bertz CT molecular complexity index is 829. The second-order valence-corrected chi connectivity index (χ2v) is 10.0. The number of piperidine rings is 1. The molecule has 0 N–H and O–H groups in total. The molecule has 28 heavy (non-hydrogen) atoms. The highest BCUT2D eigenvalue weighted by atomic mass is 32.1. The Morgan fingerprint density at radius 3 is 2.75 bits per heavy atom. The van der Waals surface area contributed by atoms with Crippen molar-refractivity contribution in [3.63, 3.8) is 0 Å². The van der Waals surface area contributed by atoms with E-state index < -0.39 is 0 Å². The van der Waals surface area contributed by atoms with Crippen LogP contribution in [0.5, 0.6) is 0 Å². The van der Waals surface area contributed by atoms with Crippen molar-refractivity contribution < 1.29 is 9.18 Å². The average Bonchev–Trinajstić information content (AvgIpc) is 3.27. The first-order valence-corrected chi connectivity index (χ1v) is 11.1. The van der Waals surface area contributed by atoms with E-state index in [1.54, 1.807) is 23.5 Å². The van der Waals surface area contributed by atoms with Crippen LogP contribution in [0.3, 0.4) is 0 Å². The minimum atomic E-state index is -0.354. The highest BCUT2D eigenvalue weighted by Gasteiger charge is 2.48. The number of halogens is 1. The quantitative estimate of drug-likeness (QED) is 0.742. The minimum absolute atomic E-state index is 0.175. The fraction of sp³-hybridized carbons (Fsp3) is 0.522. The lowest BCUT2D eigenvalue weighted by Gasteiger charge is -2.40. The van der Waals surface area contributed by atoms with Crippen LogP contribution in [0.2, 0.25) is 0 Å². The normalized spacial score (nSPS) is 25.7. The zero-order chi connectivity index (χ0) is 19.9. The van der Waals surface area contributed by atoms with Gasteiger partial charge in [0.1, 0.15) is 5.82 Å². The molecule has 2 aromatic rings. The second kappa shape index (κ2) is 7.60. The molecule has 3 nitrogen and oxygen atoms in total. The molecule has 4 rings (SSSR count). The van der Waals surface area contributed by atoms with Crippen molar-refractivity contribution in [1.29, 1.82) is 0 Å². The molecule has 2 aliphatic rings. The molecule has 1 aromatic heterocycles. The Hall–Kier alpha value is -1.72. The first kappa shape index (κ1) is 19.6. The number of carbonyl (C=O) groups is 1. The smallest absolute Gasteiger partial charge is 0.228 e. The maximum Gasteiger partial charge on any atom is 0.228 e. The number of hydrogen-bond acceptors (Lipinski definition) is 3. The highest BCUT2D eigenvalue weighted by Crippen LogP contribution is 2.43. The van der Waals surface area contributed by atoms with Crippen molar-refractivity contribution in [2.75, 3.05) is 19.6 Å². The molecule has 0 aliphatic carbocycles. The molecule has 150 valence electrons. The van der Waals surface area contributed by atoms with Gasteiger partial charge in [0.05, 0.1) is 0 Å². The predicted molar refractivity (Wildman–Crippen MR) is 112 cm³/mol. The van der Waals surface area contributed by atoms with E-state index in [1.807, 2.05) is 26.8 Å². The summed E-state index contributed by atoms with van der Waals surface area (Å²) in [6.07, 6.45) is 0.989. The van der Waals surface area contributed by atoms with E-state index in [4.69, 9.17) is 0 Å². The molecule has 2 aliphatic heterocycles. The molecule has 0 bridgehead atoms. The second-order valence-electron chi connectivity index (χ2n) is 9.26. The number of likely N-dealkylation sites (tertiary alicyclic amines) is 2. The molecule has 0 radical (unpaired) electrons. The largest absolute Gasteiger partial charge is 0.338 e. The summed E-state index contributed by atoms with van der Waals surface area (Å²) in [7, 11) is 0. The Kier molecular flexibility index (Phi) is 5.32. The molecule has 0 spiro atoms. The molecule has 1 amide bonds. The van der Waals surface area contributed by atoms with Gasteiger partial charge < -0.3 is 4.90 Å². The topological polar surface area (TPSA) is 23.6 Å². The molecule has 3 atom stereocenters. The molecular formula is C23H29FN2OS. The SMILES string of the molecule is CC(C)(C)C(=O)N1C[C@H](c2ccsc2)[C@H]2CN(Cc3cccc(F)c3)CC[C@H]21. The summed E-state index contributed by atoms with van der Waals surface area (Å²) in [6, 6.07) is 9.42. The van der Waals surface area contributed by atoms with Gasteiger partial charge in [0.15, 0.2) is 0 Å². The van der Waals surface area contributed by atoms with E-state index >= 15 is 0 Å². The van der Waals surface area contributed by atoms with Crippen molar-refractivity contribution in [2.45, 2.75) is 45.7 Å². The van der Waals surface area contributed by atoms with Gasteiger partial charge in [-0.15, -0.1) is 0 Å². The summed E-state index contributed by atoms with van der Waals surface area (Å²) < 4.78 is 13.6. The summed E-state index contributed by atoms with van der Waals surface area (Å²) in [4.78, 5) is 17.7. The van der Waals surface area contributed by atoms with Crippen LogP contribution in [0.15, 0.2) is 41.1 Å². The Labute approximate surface area is 171 Å². The van der Waals surface area contributed by atoms with E-state index in [0.29, 0.717) is 17.9 Å². The van der Waals surface area contributed by atoms with Crippen molar-refractivity contribution in [3.05, 3.63) is 58.0 Å². The first-order valence-electron chi connectivity index (χ1n) is 10.1. The number of fused-ring (bicyclic) bond motifs is 1. The van der Waals surface area contributed by atoms with Gasteiger partial charge in [0.2, 0.25) is 5.91 Å². The lowest BCUT2D eigenvalue weighted by atomic mass is 9.82. The van der Waals surface area contributed by atoms with Crippen molar-refractivity contribution >= 4 is 17.2 Å². The van der Waals surface area contributed by atoms with Crippen LogP contribution in [0.4, 0.5) is 4.39 Å². The molecule has 5 heteroatoms. The van der Waals surface area contributed by atoms with E-state index in [1.165, 1.54) is 11.6 Å². The van der Waals surface area contributed by atoms with Gasteiger partial charge in [-0.1, -0.05) is 32.9 Å². The van der Waals surface area contributed by atoms with Gasteiger partial charge in [-0.3, -0.25) is 9.69 Å². The average molecular weight is 401 g/mol. The van der Waals surface area contributed by atoms with Gasteiger partial charge in [-0.25, -0.2) is 4.39 Å². The number of amides is 1. The summed E-state index contributed by atoms with van der Waals surface area (Å²) >= 11 is 1.73. The van der Waals surface area contributed by atoms with Crippen molar-refractivity contribution in [3.8, 4) is 0 Å². The van der Waals surface area contributed by atoms with Crippen molar-refractivity contribution in [1.82, 2.24) is 9.80 Å². The molecular weight excluding hydrogens is 371 g/mol. The third kappa shape index (κ3) is 3.87. The van der Waals surface area contributed by atoms with E-state index in [-0.39, 0.29) is 17.1 Å². The number of hydrogen-bond donors (Lipinski definition) is 0. The number of rotatable bonds is 3. The maximum atomic E-state index is 13.6. The zero-order valence-corrected chi connectivity index (χ0v) is 17.7. The van der Waals surface area contributed by atoms with Gasteiger partial charge >= 0.3 is 0 Å². The highest BCUT2D eigenvalue weighted by molar-refractivity contribution is 7.08. The third-order valence-corrected chi connectivity index (χ3v) is 6.89. The van der Waals surface area contributed by atoms with Crippen LogP contribution in [0.25, 0.3) is 0 Å². The number of nitrogens with zero attached hydrogens (tertiary/aromatic N) is 2. The number of benzene rings is 1. The number of thiophene rings is 1. The van der Waals surface area contributed by atoms with Crippen molar-refractivity contribution in [2.24, 2.45) is 11.3 Å². The molecule has 0 saturated carbocycles. The van der Waals surface area contributed by atoms with Crippen LogP contribution in [0.1, 0.15) is 44.2 Å². The predicted octanol–water partition coefficient (Wildman–Crippen LogP) is 4.75. The monoisotopic (exact) mass is 400 g/mol. The summed E-state index contributed by atoms with van der Waals surface area (Å²) in [6.45, 7) is 9.53. The van der Waals surface area contributed by atoms with Crippen LogP contribution in [0, 0.1) is 17.2 Å². The van der Waals surface area contributed by atoms with Gasteiger partial charge in [-0.2, -0.15) is 11.3 Å². The van der Waals surface area contributed by atoms with Crippen LogP contribution >= 0.6 is 11.3 Å².